The molecule has 1 aromatic carbocycles. The number of nitrogens with zero attached hydrogens (tertiary/aromatic N) is 1. The lowest BCUT2D eigenvalue weighted by atomic mass is 10.2. The van der Waals surface area contributed by atoms with Crippen molar-refractivity contribution in [3.05, 3.63) is 24.3 Å². The van der Waals surface area contributed by atoms with E-state index in [1.54, 1.807) is 36.1 Å². The van der Waals surface area contributed by atoms with Crippen LogP contribution in [0.1, 0.15) is 6.92 Å². The van der Waals surface area contributed by atoms with Crippen LogP contribution in [0.25, 0.3) is 0 Å². The molecule has 19 heavy (non-hydrogen) atoms. The molecule has 1 aromatic rings. The molecule has 1 rings (SSSR count). The molecule has 6 nitrogen and oxygen atoms in total. The molecule has 0 aliphatic heterocycles. The van der Waals surface area contributed by atoms with Crippen LogP contribution in [0.2, 0.25) is 0 Å². The summed E-state index contributed by atoms with van der Waals surface area (Å²) in [6.07, 6.45) is 0. The molecule has 6 heteroatoms. The molecule has 0 aliphatic rings. The number of hydrogen-bond acceptors (Lipinski definition) is 4. The molecule has 0 saturated heterocycles. The lowest BCUT2D eigenvalue weighted by Gasteiger charge is -2.11. The summed E-state index contributed by atoms with van der Waals surface area (Å²) in [7, 11) is 3.65. The molecule has 1 atom stereocenters. The lowest BCUT2D eigenvalue weighted by Crippen LogP contribution is -2.32. The topological polar surface area (TPSA) is 87.5 Å². The van der Waals surface area contributed by atoms with Gasteiger partial charge in [0.15, 0.2) is 0 Å². The van der Waals surface area contributed by atoms with E-state index in [1.807, 2.05) is 14.1 Å². The van der Waals surface area contributed by atoms with Gasteiger partial charge in [-0.25, -0.2) is 0 Å². The highest BCUT2D eigenvalue weighted by molar-refractivity contribution is 5.95. The predicted octanol–water partition coefficient (Wildman–Crippen LogP) is 0.472. The van der Waals surface area contributed by atoms with Crippen LogP contribution < -0.4 is 16.4 Å². The summed E-state index contributed by atoms with van der Waals surface area (Å²) in [5, 5.41) is 5.43. The van der Waals surface area contributed by atoms with Gasteiger partial charge in [0, 0.05) is 11.4 Å². The van der Waals surface area contributed by atoms with E-state index >= 15 is 0 Å². The first-order chi connectivity index (χ1) is 8.88. The number of benzene rings is 1. The molecule has 0 aliphatic carbocycles. The predicted molar refractivity (Wildman–Crippen MR) is 75.9 cm³/mol. The van der Waals surface area contributed by atoms with Gasteiger partial charge in [0.1, 0.15) is 0 Å². The minimum absolute atomic E-state index is 0.0858. The number of anilines is 2. The van der Waals surface area contributed by atoms with Gasteiger partial charge in [0.2, 0.25) is 11.8 Å². The van der Waals surface area contributed by atoms with Gasteiger partial charge >= 0.3 is 0 Å². The van der Waals surface area contributed by atoms with Crippen LogP contribution in [0.4, 0.5) is 11.4 Å². The van der Waals surface area contributed by atoms with Crippen molar-refractivity contribution >= 4 is 23.2 Å². The van der Waals surface area contributed by atoms with E-state index in [2.05, 4.69) is 10.6 Å². The van der Waals surface area contributed by atoms with Crippen molar-refractivity contribution < 1.29 is 9.59 Å². The Bertz CT molecular complexity index is 440. The number of nitrogens with one attached hydrogen (secondary N) is 2. The maximum Gasteiger partial charge on any atom is 0.240 e. The van der Waals surface area contributed by atoms with Crippen LogP contribution in [0, 0.1) is 0 Å². The molecular formula is C13H20N4O2. The maximum atomic E-state index is 11.5. The molecule has 2 amide bonds. The van der Waals surface area contributed by atoms with Crippen molar-refractivity contribution in [3.63, 3.8) is 0 Å². The fourth-order valence-electron chi connectivity index (χ4n) is 1.38. The van der Waals surface area contributed by atoms with Crippen molar-refractivity contribution in [2.75, 3.05) is 31.3 Å². The first kappa shape index (κ1) is 15.1. The first-order valence-electron chi connectivity index (χ1n) is 5.99. The van der Waals surface area contributed by atoms with E-state index in [0.717, 1.165) is 0 Å². The molecule has 1 unspecified atom stereocenters. The van der Waals surface area contributed by atoms with Crippen molar-refractivity contribution in [1.82, 2.24) is 4.90 Å². The second-order valence-corrected chi connectivity index (χ2v) is 4.64. The number of nitrogens with two attached hydrogens (primary N) is 1. The molecular weight excluding hydrogens is 244 g/mol. The SMILES string of the molecule is CC(N)C(=O)Nc1ccc(NC(=O)CN(C)C)cc1. The lowest BCUT2D eigenvalue weighted by molar-refractivity contribution is -0.117. The Morgan fingerprint density at radius 1 is 1.16 bits per heavy atom. The Morgan fingerprint density at radius 3 is 2.05 bits per heavy atom. The highest BCUT2D eigenvalue weighted by Crippen LogP contribution is 2.13. The third-order valence-electron chi connectivity index (χ3n) is 2.31. The van der Waals surface area contributed by atoms with Crippen molar-refractivity contribution in [2.24, 2.45) is 5.73 Å². The molecule has 0 bridgehead atoms. The third-order valence-corrected chi connectivity index (χ3v) is 2.31. The Hall–Kier alpha value is -1.92. The van der Waals surface area contributed by atoms with Crippen LogP contribution in [0.3, 0.4) is 0 Å². The molecule has 0 radical (unpaired) electrons. The Morgan fingerprint density at radius 2 is 1.63 bits per heavy atom. The summed E-state index contributed by atoms with van der Waals surface area (Å²) in [5.74, 6) is -0.332. The minimum Gasteiger partial charge on any atom is -0.325 e. The fraction of sp³-hybridized carbons (Fsp3) is 0.385. The first-order valence-corrected chi connectivity index (χ1v) is 5.99. The van der Waals surface area contributed by atoms with Crippen molar-refractivity contribution in [3.8, 4) is 0 Å². The number of hydrogen-bond donors (Lipinski definition) is 3. The van der Waals surface area contributed by atoms with Gasteiger partial charge in [0.05, 0.1) is 12.6 Å². The van der Waals surface area contributed by atoms with Crippen LogP contribution in [-0.4, -0.2) is 43.4 Å². The fourth-order valence-corrected chi connectivity index (χ4v) is 1.38. The Balaban J connectivity index is 2.57. The normalized spacial score (nSPS) is 12.1. The van der Waals surface area contributed by atoms with E-state index in [1.165, 1.54) is 0 Å². The quantitative estimate of drug-likeness (QED) is 0.721. The average molecular weight is 264 g/mol. The maximum absolute atomic E-state index is 11.5. The van der Waals surface area contributed by atoms with Gasteiger partial charge in [-0.2, -0.15) is 0 Å². The van der Waals surface area contributed by atoms with Gasteiger partial charge in [-0.3, -0.25) is 9.59 Å². The molecule has 0 aromatic heterocycles. The van der Waals surface area contributed by atoms with Crippen LogP contribution >= 0.6 is 0 Å². The summed E-state index contributed by atoms with van der Waals surface area (Å²) in [6.45, 7) is 1.94. The molecule has 0 saturated carbocycles. The number of carbonyl (C=O) groups is 2. The van der Waals surface area contributed by atoms with Gasteiger partial charge in [0.25, 0.3) is 0 Å². The highest BCUT2D eigenvalue weighted by atomic mass is 16.2. The van der Waals surface area contributed by atoms with Crippen LogP contribution in [0.5, 0.6) is 0 Å². The summed E-state index contributed by atoms with van der Waals surface area (Å²) >= 11 is 0. The van der Waals surface area contributed by atoms with Crippen molar-refractivity contribution in [2.45, 2.75) is 13.0 Å². The largest absolute Gasteiger partial charge is 0.325 e. The average Bonchev–Trinajstić information content (AvgIpc) is 2.30. The number of likely N-dealkylation sites (N-methyl/N-ethyl adjacent to an activating group) is 1. The van der Waals surface area contributed by atoms with Gasteiger partial charge in [-0.1, -0.05) is 0 Å². The zero-order valence-electron chi connectivity index (χ0n) is 11.4. The molecule has 0 fully saturated rings. The van der Waals surface area contributed by atoms with Gasteiger partial charge in [-0.05, 0) is 45.3 Å². The molecule has 0 heterocycles. The molecule has 104 valence electrons. The summed E-state index contributed by atoms with van der Waals surface area (Å²) < 4.78 is 0. The standard InChI is InChI=1S/C13H20N4O2/c1-9(14)13(19)16-11-6-4-10(5-7-11)15-12(18)8-17(2)3/h4-7,9H,8,14H2,1-3H3,(H,15,18)(H,16,19). The third kappa shape index (κ3) is 5.50. The highest BCUT2D eigenvalue weighted by Gasteiger charge is 2.07. The number of carbonyl (C=O) groups excluding carboxylic acids is 2. The monoisotopic (exact) mass is 264 g/mol. The molecule has 4 N–H and O–H groups in total. The van der Waals surface area contributed by atoms with Crippen LogP contribution in [0.15, 0.2) is 24.3 Å². The second-order valence-electron chi connectivity index (χ2n) is 4.64. The smallest absolute Gasteiger partial charge is 0.240 e. The van der Waals surface area contributed by atoms with Crippen LogP contribution in [-0.2, 0) is 9.59 Å². The van der Waals surface area contributed by atoms with E-state index < -0.39 is 6.04 Å². The Labute approximate surface area is 113 Å². The van der Waals surface area contributed by atoms with Crippen molar-refractivity contribution in [1.29, 1.82) is 0 Å². The van der Waals surface area contributed by atoms with E-state index in [0.29, 0.717) is 17.9 Å². The summed E-state index contributed by atoms with van der Waals surface area (Å²) in [6, 6.07) is 6.32. The van der Waals surface area contributed by atoms with Gasteiger partial charge in [-0.15, -0.1) is 0 Å². The van der Waals surface area contributed by atoms with Gasteiger partial charge < -0.3 is 21.3 Å². The molecule has 0 spiro atoms. The Kier molecular flexibility index (Phi) is 5.47. The van der Waals surface area contributed by atoms with E-state index in [9.17, 15) is 9.59 Å². The zero-order valence-corrected chi connectivity index (χ0v) is 11.4. The zero-order chi connectivity index (χ0) is 14.4. The summed E-state index contributed by atoms with van der Waals surface area (Å²) in [4.78, 5) is 24.7. The second kappa shape index (κ2) is 6.86. The van der Waals surface area contributed by atoms with E-state index in [-0.39, 0.29) is 11.8 Å². The number of rotatable bonds is 5. The summed E-state index contributed by atoms with van der Waals surface area (Å²) in [5.41, 5.74) is 6.78. The minimum atomic E-state index is -0.556. The van der Waals surface area contributed by atoms with E-state index in [4.69, 9.17) is 5.73 Å². The number of amides is 2.